The largest absolute Gasteiger partial charge is 0.490 e. The maximum absolute atomic E-state index is 13.8. The molecule has 3 aromatic carbocycles. The molecule has 0 bridgehead atoms. The first-order valence-electron chi connectivity index (χ1n) is 13.2. The summed E-state index contributed by atoms with van der Waals surface area (Å²) in [7, 11) is 0. The van der Waals surface area contributed by atoms with Crippen LogP contribution in [-0.2, 0) is 29.0 Å². The fourth-order valence-electron chi connectivity index (χ4n) is 4.32. The van der Waals surface area contributed by atoms with Crippen LogP contribution in [0.15, 0.2) is 77.3 Å². The van der Waals surface area contributed by atoms with Gasteiger partial charge in [-0.3, -0.25) is 9.59 Å². The monoisotopic (exact) mass is 580 g/mol. The van der Waals surface area contributed by atoms with Crippen LogP contribution in [0.2, 0.25) is 0 Å². The predicted octanol–water partition coefficient (Wildman–Crippen LogP) is 5.96. The molecule has 0 radical (unpaired) electrons. The average Bonchev–Trinajstić information content (AvgIpc) is 2.91. The number of hydrogen-bond acceptors (Lipinski definition) is 4. The minimum absolute atomic E-state index is 0.0796. The van der Waals surface area contributed by atoms with E-state index in [9.17, 15) is 9.59 Å². The summed E-state index contributed by atoms with van der Waals surface area (Å²) in [4.78, 5) is 28.8. The number of amides is 2. The zero-order valence-electron chi connectivity index (χ0n) is 22.4. The number of carbonyl (C=O) groups is 2. The van der Waals surface area contributed by atoms with E-state index >= 15 is 0 Å². The molecule has 0 saturated heterocycles. The number of aryl methyl sites for hydroxylation is 1. The molecule has 38 heavy (non-hydrogen) atoms. The summed E-state index contributed by atoms with van der Waals surface area (Å²) in [6.45, 7) is 7.65. The second-order valence-electron chi connectivity index (χ2n) is 8.90. The van der Waals surface area contributed by atoms with Crippen molar-refractivity contribution in [3.05, 3.63) is 94.0 Å². The van der Waals surface area contributed by atoms with Crippen molar-refractivity contribution < 1.29 is 19.1 Å². The molecule has 1 atom stereocenters. The molecule has 2 amide bonds. The molecule has 202 valence electrons. The van der Waals surface area contributed by atoms with Crippen LogP contribution in [0.4, 0.5) is 0 Å². The molecule has 7 heteroatoms. The van der Waals surface area contributed by atoms with E-state index in [0.717, 1.165) is 21.2 Å². The lowest BCUT2D eigenvalue weighted by Crippen LogP contribution is -2.50. The molecule has 1 N–H and O–H groups in total. The van der Waals surface area contributed by atoms with Crippen molar-refractivity contribution in [2.24, 2.45) is 0 Å². The number of rotatable bonds is 14. The van der Waals surface area contributed by atoms with Crippen molar-refractivity contribution >= 4 is 27.7 Å². The van der Waals surface area contributed by atoms with Gasteiger partial charge in [0.2, 0.25) is 11.8 Å². The second kappa shape index (κ2) is 15.2. The van der Waals surface area contributed by atoms with Gasteiger partial charge in [0.25, 0.3) is 0 Å². The molecule has 0 saturated carbocycles. The van der Waals surface area contributed by atoms with E-state index in [0.29, 0.717) is 50.6 Å². The molecule has 0 heterocycles. The Hall–Kier alpha value is -3.32. The molecular formula is C31H37BrN2O4. The number of carbonyl (C=O) groups excluding carboxylic acids is 2. The van der Waals surface area contributed by atoms with Gasteiger partial charge in [-0.05, 0) is 68.1 Å². The van der Waals surface area contributed by atoms with Crippen LogP contribution < -0.4 is 14.8 Å². The Labute approximate surface area is 234 Å². The summed E-state index contributed by atoms with van der Waals surface area (Å²) in [6, 6.07) is 22.8. The van der Waals surface area contributed by atoms with Gasteiger partial charge in [-0.2, -0.15) is 0 Å². The molecule has 0 spiro atoms. The Morgan fingerprint density at radius 3 is 2.24 bits per heavy atom. The van der Waals surface area contributed by atoms with Crippen molar-refractivity contribution in [2.75, 3.05) is 19.8 Å². The van der Waals surface area contributed by atoms with E-state index in [1.807, 2.05) is 93.6 Å². The van der Waals surface area contributed by atoms with Crippen molar-refractivity contribution in [3.8, 4) is 11.5 Å². The van der Waals surface area contributed by atoms with Gasteiger partial charge < -0.3 is 19.7 Å². The highest BCUT2D eigenvalue weighted by Gasteiger charge is 2.30. The van der Waals surface area contributed by atoms with Crippen LogP contribution in [0.1, 0.15) is 43.9 Å². The van der Waals surface area contributed by atoms with Crippen LogP contribution in [0.25, 0.3) is 0 Å². The third kappa shape index (κ3) is 8.62. The van der Waals surface area contributed by atoms with Gasteiger partial charge >= 0.3 is 0 Å². The number of benzene rings is 3. The van der Waals surface area contributed by atoms with Crippen LogP contribution in [0, 0.1) is 0 Å². The summed E-state index contributed by atoms with van der Waals surface area (Å²) in [6.07, 6.45) is 1.22. The lowest BCUT2D eigenvalue weighted by molar-refractivity contribution is -0.141. The van der Waals surface area contributed by atoms with E-state index in [4.69, 9.17) is 9.47 Å². The first-order chi connectivity index (χ1) is 18.4. The van der Waals surface area contributed by atoms with Gasteiger partial charge in [-0.15, -0.1) is 0 Å². The van der Waals surface area contributed by atoms with Gasteiger partial charge in [-0.25, -0.2) is 0 Å². The zero-order chi connectivity index (χ0) is 27.3. The third-order valence-corrected chi connectivity index (χ3v) is 6.59. The minimum Gasteiger partial charge on any atom is -0.490 e. The smallest absolute Gasteiger partial charge is 0.243 e. The molecule has 3 rings (SSSR count). The molecule has 0 aliphatic rings. The van der Waals surface area contributed by atoms with Crippen molar-refractivity contribution in [1.82, 2.24) is 10.2 Å². The summed E-state index contributed by atoms with van der Waals surface area (Å²) in [5, 5.41) is 2.94. The summed E-state index contributed by atoms with van der Waals surface area (Å²) < 4.78 is 12.4. The minimum atomic E-state index is -0.636. The standard InChI is InChI=1S/C31H37BrN2O4/c1-4-33-31(36)27(20-23-11-8-7-9-12-23)34(22-25-13-10-14-26(32)19-25)30(35)18-16-24-15-17-28(37-5-2)29(21-24)38-6-3/h7-15,17,19,21,27H,4-6,16,18,20,22H2,1-3H3,(H,33,36)/t27-/m0/s1. The quantitative estimate of drug-likeness (QED) is 0.255. The normalized spacial score (nSPS) is 11.5. The fraction of sp³-hybridized carbons (Fsp3) is 0.355. The SMILES string of the molecule is CCNC(=O)[C@H](Cc1ccccc1)N(Cc1cccc(Br)c1)C(=O)CCc1ccc(OCC)c(OCC)c1. The zero-order valence-corrected chi connectivity index (χ0v) is 24.0. The van der Waals surface area contributed by atoms with Crippen molar-refractivity contribution in [1.29, 1.82) is 0 Å². The number of nitrogens with zero attached hydrogens (tertiary/aromatic N) is 1. The summed E-state index contributed by atoms with van der Waals surface area (Å²) in [5.41, 5.74) is 2.93. The number of likely N-dealkylation sites (N-methyl/N-ethyl adjacent to an activating group) is 1. The number of halogens is 1. The number of hydrogen-bond donors (Lipinski definition) is 1. The van der Waals surface area contributed by atoms with Crippen molar-refractivity contribution in [2.45, 2.75) is 52.6 Å². The highest BCUT2D eigenvalue weighted by atomic mass is 79.9. The Morgan fingerprint density at radius 1 is 0.842 bits per heavy atom. The first-order valence-corrected chi connectivity index (χ1v) is 14.0. The van der Waals surface area contributed by atoms with Gasteiger partial charge in [-0.1, -0.05) is 64.5 Å². The topological polar surface area (TPSA) is 67.9 Å². The number of ether oxygens (including phenoxy) is 2. The molecule has 0 fully saturated rings. The van der Waals surface area contributed by atoms with E-state index in [2.05, 4.69) is 21.2 Å². The maximum atomic E-state index is 13.8. The number of nitrogens with one attached hydrogen (secondary N) is 1. The summed E-state index contributed by atoms with van der Waals surface area (Å²) >= 11 is 3.53. The second-order valence-corrected chi connectivity index (χ2v) is 9.81. The van der Waals surface area contributed by atoms with Crippen LogP contribution >= 0.6 is 15.9 Å². The lowest BCUT2D eigenvalue weighted by atomic mass is 10.0. The Balaban J connectivity index is 1.87. The van der Waals surface area contributed by atoms with E-state index in [-0.39, 0.29) is 18.2 Å². The molecule has 6 nitrogen and oxygen atoms in total. The molecule has 3 aromatic rings. The molecule has 0 aliphatic carbocycles. The fourth-order valence-corrected chi connectivity index (χ4v) is 4.77. The van der Waals surface area contributed by atoms with Gasteiger partial charge in [0.05, 0.1) is 13.2 Å². The molecular weight excluding hydrogens is 544 g/mol. The van der Waals surface area contributed by atoms with E-state index in [1.54, 1.807) is 4.90 Å². The Kier molecular flexibility index (Phi) is 11.7. The van der Waals surface area contributed by atoms with Gasteiger partial charge in [0, 0.05) is 30.4 Å². The average molecular weight is 582 g/mol. The summed E-state index contributed by atoms with van der Waals surface area (Å²) in [5.74, 6) is 1.14. The van der Waals surface area contributed by atoms with Crippen LogP contribution in [0.5, 0.6) is 11.5 Å². The maximum Gasteiger partial charge on any atom is 0.243 e. The van der Waals surface area contributed by atoms with Crippen LogP contribution in [0.3, 0.4) is 0 Å². The highest BCUT2D eigenvalue weighted by Crippen LogP contribution is 2.29. The molecule has 0 aliphatic heterocycles. The van der Waals surface area contributed by atoms with E-state index in [1.165, 1.54) is 0 Å². The molecule has 0 aromatic heterocycles. The van der Waals surface area contributed by atoms with Crippen LogP contribution in [-0.4, -0.2) is 42.5 Å². The predicted molar refractivity (Wildman–Crippen MR) is 154 cm³/mol. The lowest BCUT2D eigenvalue weighted by Gasteiger charge is -2.31. The van der Waals surface area contributed by atoms with Crippen molar-refractivity contribution in [3.63, 3.8) is 0 Å². The first kappa shape index (κ1) is 29.2. The third-order valence-electron chi connectivity index (χ3n) is 6.10. The van der Waals surface area contributed by atoms with Gasteiger partial charge in [0.15, 0.2) is 11.5 Å². The Bertz CT molecular complexity index is 1190. The Morgan fingerprint density at radius 2 is 1.55 bits per heavy atom. The highest BCUT2D eigenvalue weighted by molar-refractivity contribution is 9.10. The van der Waals surface area contributed by atoms with E-state index < -0.39 is 6.04 Å². The van der Waals surface area contributed by atoms with Gasteiger partial charge in [0.1, 0.15) is 6.04 Å². The molecule has 0 unspecified atom stereocenters.